The molecule has 0 aliphatic rings. The molecule has 16 heavy (non-hydrogen) atoms. The van der Waals surface area contributed by atoms with Crippen molar-refractivity contribution >= 4 is 15.9 Å². The van der Waals surface area contributed by atoms with Gasteiger partial charge in [0.1, 0.15) is 11.5 Å². The van der Waals surface area contributed by atoms with E-state index in [0.29, 0.717) is 11.0 Å². The Hall–Kier alpha value is -0.740. The van der Waals surface area contributed by atoms with E-state index in [1.165, 1.54) is 0 Å². The van der Waals surface area contributed by atoms with Crippen LogP contribution in [-0.2, 0) is 6.54 Å². The van der Waals surface area contributed by atoms with Gasteiger partial charge in [0.2, 0.25) is 0 Å². The van der Waals surface area contributed by atoms with Gasteiger partial charge in [-0.1, -0.05) is 0 Å². The monoisotopic (exact) mass is 287 g/mol. The average Bonchev–Trinajstić information content (AvgIpc) is 2.18. The lowest BCUT2D eigenvalue weighted by atomic mass is 10.1. The van der Waals surface area contributed by atoms with Crippen molar-refractivity contribution in [2.75, 3.05) is 7.11 Å². The number of aromatic hydroxyl groups is 1. The Morgan fingerprint density at radius 3 is 2.50 bits per heavy atom. The molecular formula is C12H18BrNO2. The van der Waals surface area contributed by atoms with E-state index >= 15 is 0 Å². The number of ether oxygens (including phenoxy) is 1. The van der Waals surface area contributed by atoms with Crippen molar-refractivity contribution in [3.05, 3.63) is 22.2 Å². The van der Waals surface area contributed by atoms with Gasteiger partial charge in [0, 0.05) is 17.6 Å². The van der Waals surface area contributed by atoms with Gasteiger partial charge in [-0.15, -0.1) is 0 Å². The minimum Gasteiger partial charge on any atom is -0.506 e. The van der Waals surface area contributed by atoms with Gasteiger partial charge in [0.25, 0.3) is 0 Å². The molecular weight excluding hydrogens is 270 g/mol. The maximum absolute atomic E-state index is 9.87. The number of halogens is 1. The zero-order chi connectivity index (χ0) is 12.3. The maximum atomic E-state index is 9.87. The smallest absolute Gasteiger partial charge is 0.134 e. The first-order chi connectivity index (χ1) is 7.33. The molecule has 0 aliphatic heterocycles. The van der Waals surface area contributed by atoms with Gasteiger partial charge in [-0.25, -0.2) is 0 Å². The molecule has 0 saturated carbocycles. The minimum absolute atomic E-state index is 0.0159. The van der Waals surface area contributed by atoms with Gasteiger partial charge in [0.15, 0.2) is 0 Å². The Balaban J connectivity index is 2.90. The van der Waals surface area contributed by atoms with Crippen molar-refractivity contribution in [3.8, 4) is 11.5 Å². The molecule has 0 amide bonds. The largest absolute Gasteiger partial charge is 0.506 e. The maximum Gasteiger partial charge on any atom is 0.134 e. The van der Waals surface area contributed by atoms with E-state index in [1.807, 2.05) is 6.07 Å². The van der Waals surface area contributed by atoms with Crippen LogP contribution < -0.4 is 10.1 Å². The summed E-state index contributed by atoms with van der Waals surface area (Å²) < 4.78 is 5.80. The topological polar surface area (TPSA) is 41.5 Å². The number of benzene rings is 1. The number of hydrogen-bond acceptors (Lipinski definition) is 3. The summed E-state index contributed by atoms with van der Waals surface area (Å²) in [5.41, 5.74) is 0.836. The van der Waals surface area contributed by atoms with E-state index in [2.05, 4.69) is 42.0 Å². The zero-order valence-corrected chi connectivity index (χ0v) is 11.7. The van der Waals surface area contributed by atoms with Gasteiger partial charge in [-0.2, -0.15) is 0 Å². The molecule has 0 fully saturated rings. The number of phenols is 1. The zero-order valence-electron chi connectivity index (χ0n) is 10.1. The first kappa shape index (κ1) is 13.3. The Morgan fingerprint density at radius 1 is 1.38 bits per heavy atom. The highest BCUT2D eigenvalue weighted by atomic mass is 79.9. The third-order valence-corrected chi connectivity index (χ3v) is 2.77. The predicted octanol–water partition coefficient (Wildman–Crippen LogP) is 3.05. The lowest BCUT2D eigenvalue weighted by molar-refractivity contribution is 0.398. The molecule has 0 heterocycles. The van der Waals surface area contributed by atoms with Crippen LogP contribution >= 0.6 is 15.9 Å². The van der Waals surface area contributed by atoms with E-state index in [0.717, 1.165) is 11.3 Å². The standard InChI is InChI=1S/C12H18BrNO2/c1-12(2,3)14-7-8-5-9(16-4)6-10(13)11(8)15/h5-6,14-15H,7H2,1-4H3. The quantitative estimate of drug-likeness (QED) is 0.898. The fourth-order valence-corrected chi connectivity index (χ4v) is 1.72. The van der Waals surface area contributed by atoms with Gasteiger partial charge < -0.3 is 15.2 Å². The van der Waals surface area contributed by atoms with Crippen LogP contribution in [0.4, 0.5) is 0 Å². The van der Waals surface area contributed by atoms with Gasteiger partial charge in [-0.3, -0.25) is 0 Å². The second-order valence-corrected chi connectivity index (χ2v) is 5.57. The van der Waals surface area contributed by atoms with Crippen molar-refractivity contribution in [1.29, 1.82) is 0 Å². The lowest BCUT2D eigenvalue weighted by Crippen LogP contribution is -2.35. The molecule has 1 aromatic rings. The number of hydrogen-bond donors (Lipinski definition) is 2. The molecule has 0 radical (unpaired) electrons. The molecule has 90 valence electrons. The third-order valence-electron chi connectivity index (χ3n) is 2.16. The Labute approximate surface area is 105 Å². The van der Waals surface area contributed by atoms with Crippen molar-refractivity contribution in [3.63, 3.8) is 0 Å². The normalized spacial score (nSPS) is 11.6. The van der Waals surface area contributed by atoms with Crippen molar-refractivity contribution in [1.82, 2.24) is 5.32 Å². The molecule has 0 aliphatic carbocycles. The summed E-state index contributed by atoms with van der Waals surface area (Å²) in [6.45, 7) is 6.85. The summed E-state index contributed by atoms with van der Waals surface area (Å²) in [5.74, 6) is 0.993. The fourth-order valence-electron chi connectivity index (χ4n) is 1.24. The molecule has 0 saturated heterocycles. The fraction of sp³-hybridized carbons (Fsp3) is 0.500. The van der Waals surface area contributed by atoms with Gasteiger partial charge >= 0.3 is 0 Å². The highest BCUT2D eigenvalue weighted by Crippen LogP contribution is 2.32. The molecule has 0 bridgehead atoms. The predicted molar refractivity (Wildman–Crippen MR) is 69.0 cm³/mol. The summed E-state index contributed by atoms with van der Waals surface area (Å²) in [6, 6.07) is 3.58. The van der Waals surface area contributed by atoms with Crippen molar-refractivity contribution < 1.29 is 9.84 Å². The summed E-state index contributed by atoms with van der Waals surface area (Å²) in [7, 11) is 1.61. The Bertz CT molecular complexity index is 372. The molecule has 0 atom stereocenters. The number of phenolic OH excluding ortho intramolecular Hbond substituents is 1. The lowest BCUT2D eigenvalue weighted by Gasteiger charge is -2.21. The summed E-state index contributed by atoms with van der Waals surface area (Å²) in [4.78, 5) is 0. The van der Waals surface area contributed by atoms with E-state index in [4.69, 9.17) is 4.74 Å². The van der Waals surface area contributed by atoms with Crippen molar-refractivity contribution in [2.45, 2.75) is 32.9 Å². The average molecular weight is 288 g/mol. The van der Waals surface area contributed by atoms with Crippen LogP contribution in [0.1, 0.15) is 26.3 Å². The Kier molecular flexibility index (Phi) is 4.21. The second-order valence-electron chi connectivity index (χ2n) is 4.72. The molecule has 4 heteroatoms. The van der Waals surface area contributed by atoms with Crippen LogP contribution in [0.25, 0.3) is 0 Å². The van der Waals surface area contributed by atoms with Crippen LogP contribution in [0.15, 0.2) is 16.6 Å². The molecule has 0 spiro atoms. The van der Waals surface area contributed by atoms with Crippen LogP contribution in [0.3, 0.4) is 0 Å². The van der Waals surface area contributed by atoms with Crippen LogP contribution in [-0.4, -0.2) is 17.8 Å². The first-order valence-electron chi connectivity index (χ1n) is 5.14. The van der Waals surface area contributed by atoms with E-state index in [-0.39, 0.29) is 11.3 Å². The van der Waals surface area contributed by atoms with Crippen LogP contribution in [0.5, 0.6) is 11.5 Å². The Morgan fingerprint density at radius 2 is 2.00 bits per heavy atom. The highest BCUT2D eigenvalue weighted by Gasteiger charge is 2.13. The molecule has 1 aromatic carbocycles. The number of rotatable bonds is 3. The van der Waals surface area contributed by atoms with Crippen LogP contribution in [0, 0.1) is 0 Å². The van der Waals surface area contributed by atoms with E-state index < -0.39 is 0 Å². The van der Waals surface area contributed by atoms with E-state index in [9.17, 15) is 5.11 Å². The molecule has 1 rings (SSSR count). The molecule has 2 N–H and O–H groups in total. The summed E-state index contributed by atoms with van der Waals surface area (Å²) in [6.07, 6.45) is 0. The third kappa shape index (κ3) is 3.68. The van der Waals surface area contributed by atoms with E-state index in [1.54, 1.807) is 13.2 Å². The number of nitrogens with one attached hydrogen (secondary N) is 1. The molecule has 3 nitrogen and oxygen atoms in total. The van der Waals surface area contributed by atoms with Gasteiger partial charge in [-0.05, 0) is 48.8 Å². The highest BCUT2D eigenvalue weighted by molar-refractivity contribution is 9.10. The summed E-state index contributed by atoms with van der Waals surface area (Å²) in [5, 5.41) is 13.2. The first-order valence-corrected chi connectivity index (χ1v) is 5.93. The second kappa shape index (κ2) is 5.06. The molecule has 0 aromatic heterocycles. The van der Waals surface area contributed by atoms with Gasteiger partial charge in [0.05, 0.1) is 11.6 Å². The van der Waals surface area contributed by atoms with Crippen molar-refractivity contribution in [2.24, 2.45) is 0 Å². The molecule has 0 unspecified atom stereocenters. The SMILES string of the molecule is COc1cc(Br)c(O)c(CNC(C)(C)C)c1. The summed E-state index contributed by atoms with van der Waals surface area (Å²) >= 11 is 3.30. The van der Waals surface area contributed by atoms with Crippen LogP contribution in [0.2, 0.25) is 0 Å². The number of methoxy groups -OCH3 is 1. The minimum atomic E-state index is 0.0159.